The van der Waals surface area contributed by atoms with Crippen molar-refractivity contribution < 1.29 is 9.53 Å². The molecule has 0 bridgehead atoms. The highest BCUT2D eigenvalue weighted by atomic mass is 16.5. The van der Waals surface area contributed by atoms with E-state index in [0.29, 0.717) is 0 Å². The maximum atomic E-state index is 10.9. The Morgan fingerprint density at radius 2 is 1.94 bits per heavy atom. The monoisotopic (exact) mass is 225 g/mol. The van der Waals surface area contributed by atoms with Crippen molar-refractivity contribution in [2.24, 2.45) is 0 Å². The summed E-state index contributed by atoms with van der Waals surface area (Å²) in [5.41, 5.74) is 0.723. The molecule has 0 heterocycles. The van der Waals surface area contributed by atoms with E-state index < -0.39 is 12.1 Å². The average Bonchev–Trinajstić information content (AvgIpc) is 2.35. The van der Waals surface area contributed by atoms with Crippen LogP contribution in [0.3, 0.4) is 0 Å². The number of nitriles is 1. The van der Waals surface area contributed by atoms with Gasteiger partial charge in [-0.15, -0.1) is 0 Å². The molecule has 0 N–H and O–H groups in total. The number of hydrogen-bond acceptors (Lipinski definition) is 3. The minimum Gasteiger partial charge on any atom is -0.442 e. The topological polar surface area (TPSA) is 50.1 Å². The maximum Gasteiger partial charge on any atom is 0.304 e. The second-order valence-electron chi connectivity index (χ2n) is 3.69. The van der Waals surface area contributed by atoms with Gasteiger partial charge in [-0.2, -0.15) is 5.26 Å². The Morgan fingerprint density at radius 3 is 2.65 bits per heavy atom. The fourth-order valence-electron chi connectivity index (χ4n) is 1.80. The number of fused-ring (bicyclic) bond motifs is 1. The standard InChI is InChI=1S/C14H11NO2/c1-10(16)17-14(9-15)13-8-4-6-11-5-2-3-7-12(11)13/h2-8,14H,1H3. The zero-order valence-corrected chi connectivity index (χ0v) is 9.38. The Labute approximate surface area is 99.2 Å². The van der Waals surface area contributed by atoms with E-state index in [0.717, 1.165) is 16.3 Å². The molecule has 0 saturated carbocycles. The second kappa shape index (κ2) is 4.67. The predicted octanol–water partition coefficient (Wildman–Crippen LogP) is 2.97. The number of nitrogens with zero attached hydrogens (tertiary/aromatic N) is 1. The van der Waals surface area contributed by atoms with Gasteiger partial charge in [0.15, 0.2) is 0 Å². The van der Waals surface area contributed by atoms with Gasteiger partial charge in [0.2, 0.25) is 6.10 Å². The second-order valence-corrected chi connectivity index (χ2v) is 3.69. The van der Waals surface area contributed by atoms with Gasteiger partial charge in [0.1, 0.15) is 6.07 Å². The van der Waals surface area contributed by atoms with Crippen LogP contribution < -0.4 is 0 Å². The molecule has 0 aliphatic rings. The number of esters is 1. The maximum absolute atomic E-state index is 10.9. The van der Waals surface area contributed by atoms with Crippen LogP contribution in [0.25, 0.3) is 10.8 Å². The quantitative estimate of drug-likeness (QED) is 0.738. The van der Waals surface area contributed by atoms with E-state index in [1.807, 2.05) is 42.5 Å². The van der Waals surface area contributed by atoms with Crippen molar-refractivity contribution in [2.45, 2.75) is 13.0 Å². The van der Waals surface area contributed by atoms with Crippen molar-refractivity contribution in [2.75, 3.05) is 0 Å². The highest BCUT2D eigenvalue weighted by Gasteiger charge is 2.15. The summed E-state index contributed by atoms with van der Waals surface area (Å²) in [6.07, 6.45) is -0.849. The van der Waals surface area contributed by atoms with E-state index >= 15 is 0 Å². The molecule has 1 atom stereocenters. The fourth-order valence-corrected chi connectivity index (χ4v) is 1.80. The minimum atomic E-state index is -0.849. The third-order valence-corrected chi connectivity index (χ3v) is 2.51. The van der Waals surface area contributed by atoms with Crippen molar-refractivity contribution >= 4 is 16.7 Å². The van der Waals surface area contributed by atoms with Gasteiger partial charge in [0.25, 0.3) is 0 Å². The lowest BCUT2D eigenvalue weighted by atomic mass is 10.0. The molecule has 0 spiro atoms. The van der Waals surface area contributed by atoms with E-state index in [1.165, 1.54) is 6.92 Å². The third kappa shape index (κ3) is 2.26. The van der Waals surface area contributed by atoms with Gasteiger partial charge >= 0.3 is 5.97 Å². The molecule has 2 rings (SSSR count). The lowest BCUT2D eigenvalue weighted by molar-refractivity contribution is -0.144. The summed E-state index contributed by atoms with van der Waals surface area (Å²) >= 11 is 0. The average molecular weight is 225 g/mol. The minimum absolute atomic E-state index is 0.454. The molecule has 0 aliphatic heterocycles. The molecule has 3 nitrogen and oxygen atoms in total. The number of carbonyl (C=O) groups excluding carboxylic acids is 1. The Kier molecular flexibility index (Phi) is 3.06. The first-order chi connectivity index (χ1) is 8.22. The lowest BCUT2D eigenvalue weighted by Crippen LogP contribution is -2.06. The van der Waals surface area contributed by atoms with Crippen LogP contribution in [0.2, 0.25) is 0 Å². The van der Waals surface area contributed by atoms with Gasteiger partial charge in [0.05, 0.1) is 0 Å². The number of carbonyl (C=O) groups is 1. The highest BCUT2D eigenvalue weighted by Crippen LogP contribution is 2.26. The number of rotatable bonds is 2. The van der Waals surface area contributed by atoms with Crippen LogP contribution in [0.4, 0.5) is 0 Å². The molecule has 0 saturated heterocycles. The van der Waals surface area contributed by atoms with E-state index in [1.54, 1.807) is 6.07 Å². The van der Waals surface area contributed by atoms with Crippen LogP contribution in [0.15, 0.2) is 42.5 Å². The predicted molar refractivity (Wildman–Crippen MR) is 64.1 cm³/mol. The van der Waals surface area contributed by atoms with Crippen LogP contribution in [0.5, 0.6) is 0 Å². The molecule has 0 aromatic heterocycles. The number of ether oxygens (including phenoxy) is 1. The Balaban J connectivity index is 2.54. The summed E-state index contributed by atoms with van der Waals surface area (Å²) in [7, 11) is 0. The summed E-state index contributed by atoms with van der Waals surface area (Å²) in [6.45, 7) is 1.30. The molecule has 2 aromatic rings. The molecule has 17 heavy (non-hydrogen) atoms. The van der Waals surface area contributed by atoms with Crippen LogP contribution in [-0.4, -0.2) is 5.97 Å². The number of hydrogen-bond donors (Lipinski definition) is 0. The van der Waals surface area contributed by atoms with E-state index in [-0.39, 0.29) is 0 Å². The van der Waals surface area contributed by atoms with Crippen LogP contribution in [-0.2, 0) is 9.53 Å². The fraction of sp³-hybridized carbons (Fsp3) is 0.143. The molecule has 0 fully saturated rings. The Bertz CT molecular complexity index is 593. The first-order valence-electron chi connectivity index (χ1n) is 5.27. The largest absolute Gasteiger partial charge is 0.442 e. The molecule has 0 radical (unpaired) electrons. The van der Waals surface area contributed by atoms with Gasteiger partial charge in [-0.25, -0.2) is 0 Å². The molecule has 3 heteroatoms. The molecule has 2 aromatic carbocycles. The van der Waals surface area contributed by atoms with Crippen molar-refractivity contribution in [3.05, 3.63) is 48.0 Å². The first kappa shape index (κ1) is 11.2. The summed E-state index contributed by atoms with van der Waals surface area (Å²) in [6, 6.07) is 15.3. The van der Waals surface area contributed by atoms with Crippen LogP contribution in [0.1, 0.15) is 18.6 Å². The molecular weight excluding hydrogens is 214 g/mol. The summed E-state index contributed by atoms with van der Waals surface area (Å²) < 4.78 is 4.99. The summed E-state index contributed by atoms with van der Waals surface area (Å²) in [4.78, 5) is 10.9. The van der Waals surface area contributed by atoms with Gasteiger partial charge in [-0.1, -0.05) is 42.5 Å². The lowest BCUT2D eigenvalue weighted by Gasteiger charge is -2.12. The zero-order chi connectivity index (χ0) is 12.3. The van der Waals surface area contributed by atoms with Crippen molar-refractivity contribution in [3.8, 4) is 6.07 Å². The number of benzene rings is 2. The van der Waals surface area contributed by atoms with Gasteiger partial charge in [-0.3, -0.25) is 4.79 Å². The first-order valence-corrected chi connectivity index (χ1v) is 5.27. The normalized spacial score (nSPS) is 11.8. The zero-order valence-electron chi connectivity index (χ0n) is 9.38. The van der Waals surface area contributed by atoms with Crippen molar-refractivity contribution in [1.82, 2.24) is 0 Å². The smallest absolute Gasteiger partial charge is 0.304 e. The molecular formula is C14H11NO2. The SMILES string of the molecule is CC(=O)OC(C#N)c1cccc2ccccc12. The van der Waals surface area contributed by atoms with Crippen molar-refractivity contribution in [3.63, 3.8) is 0 Å². The van der Waals surface area contributed by atoms with Crippen molar-refractivity contribution in [1.29, 1.82) is 5.26 Å². The molecule has 0 aliphatic carbocycles. The summed E-state index contributed by atoms with van der Waals surface area (Å²) in [5.74, 6) is -0.454. The van der Waals surface area contributed by atoms with Gasteiger partial charge < -0.3 is 4.74 Å². The van der Waals surface area contributed by atoms with E-state index in [4.69, 9.17) is 10.00 Å². The van der Waals surface area contributed by atoms with Gasteiger partial charge in [-0.05, 0) is 10.8 Å². The van der Waals surface area contributed by atoms with Crippen LogP contribution >= 0.6 is 0 Å². The Hall–Kier alpha value is -2.34. The Morgan fingerprint density at radius 1 is 1.24 bits per heavy atom. The van der Waals surface area contributed by atoms with E-state index in [2.05, 4.69) is 0 Å². The third-order valence-electron chi connectivity index (χ3n) is 2.51. The van der Waals surface area contributed by atoms with Gasteiger partial charge in [0, 0.05) is 12.5 Å². The molecule has 84 valence electrons. The summed E-state index contributed by atoms with van der Waals surface area (Å²) in [5, 5.41) is 11.0. The van der Waals surface area contributed by atoms with Crippen LogP contribution in [0, 0.1) is 11.3 Å². The van der Waals surface area contributed by atoms with E-state index in [9.17, 15) is 4.79 Å². The highest BCUT2D eigenvalue weighted by molar-refractivity contribution is 5.86. The molecule has 0 amide bonds. The molecule has 1 unspecified atom stereocenters.